The Morgan fingerprint density at radius 3 is 2.54 bits per heavy atom. The average Bonchev–Trinajstić information content (AvgIpc) is 2.66. The Hall–Kier alpha value is -1.30. The second kappa shape index (κ2) is 10.8. The zero-order chi connectivity index (χ0) is 18.9. The molecule has 0 saturated heterocycles. The molecule has 0 heterocycles. The molecule has 5 heteroatoms. The molecule has 1 aliphatic carbocycles. The van der Waals surface area contributed by atoms with E-state index in [1.54, 1.807) is 14.2 Å². The van der Waals surface area contributed by atoms with Gasteiger partial charge in [-0.3, -0.25) is 4.90 Å². The highest BCUT2D eigenvalue weighted by Crippen LogP contribution is 2.29. The van der Waals surface area contributed by atoms with Gasteiger partial charge in [0.05, 0.1) is 33.0 Å². The van der Waals surface area contributed by atoms with Gasteiger partial charge in [-0.15, -0.1) is 0 Å². The molecule has 0 radical (unpaired) electrons. The van der Waals surface area contributed by atoms with Crippen LogP contribution in [-0.2, 0) is 11.2 Å². The number of benzene rings is 1. The van der Waals surface area contributed by atoms with Gasteiger partial charge in [-0.25, -0.2) is 0 Å². The van der Waals surface area contributed by atoms with E-state index in [1.165, 1.54) is 18.4 Å². The van der Waals surface area contributed by atoms with E-state index in [-0.39, 0.29) is 12.2 Å². The third-order valence-electron chi connectivity index (χ3n) is 5.21. The van der Waals surface area contributed by atoms with Crippen molar-refractivity contribution in [3.8, 4) is 11.5 Å². The van der Waals surface area contributed by atoms with Crippen LogP contribution in [0.1, 0.15) is 45.1 Å². The maximum atomic E-state index is 9.78. The van der Waals surface area contributed by atoms with Gasteiger partial charge in [-0.2, -0.15) is 0 Å². The summed E-state index contributed by atoms with van der Waals surface area (Å²) in [6, 6.07) is 6.44. The summed E-state index contributed by atoms with van der Waals surface area (Å²) in [6.45, 7) is 6.39. The predicted molar refractivity (Wildman–Crippen MR) is 104 cm³/mol. The summed E-state index contributed by atoms with van der Waals surface area (Å²) in [5.41, 5.74) is 1.19. The van der Waals surface area contributed by atoms with E-state index in [1.807, 2.05) is 19.1 Å². The van der Waals surface area contributed by atoms with Crippen LogP contribution in [0.25, 0.3) is 0 Å². The van der Waals surface area contributed by atoms with E-state index in [9.17, 15) is 5.11 Å². The second-order valence-corrected chi connectivity index (χ2v) is 7.14. The van der Waals surface area contributed by atoms with Crippen molar-refractivity contribution in [2.45, 2.75) is 64.2 Å². The van der Waals surface area contributed by atoms with Crippen LogP contribution in [0.2, 0.25) is 0 Å². The highest BCUT2D eigenvalue weighted by molar-refractivity contribution is 5.42. The van der Waals surface area contributed by atoms with Crippen LogP contribution in [-0.4, -0.2) is 62.2 Å². The van der Waals surface area contributed by atoms with Gasteiger partial charge in [0, 0.05) is 12.6 Å². The van der Waals surface area contributed by atoms with Gasteiger partial charge < -0.3 is 19.3 Å². The van der Waals surface area contributed by atoms with Gasteiger partial charge in [-0.1, -0.05) is 25.8 Å². The highest BCUT2D eigenvalue weighted by Gasteiger charge is 2.30. The fourth-order valence-corrected chi connectivity index (χ4v) is 3.89. The maximum absolute atomic E-state index is 9.78. The average molecular weight is 366 g/mol. The van der Waals surface area contributed by atoms with E-state index < -0.39 is 0 Å². The Labute approximate surface area is 158 Å². The number of ether oxygens (including phenoxy) is 3. The normalized spacial score (nSPS) is 21.6. The van der Waals surface area contributed by atoms with Crippen molar-refractivity contribution >= 4 is 0 Å². The molecule has 1 aromatic carbocycles. The zero-order valence-electron chi connectivity index (χ0n) is 16.7. The molecule has 1 fully saturated rings. The van der Waals surface area contributed by atoms with Gasteiger partial charge in [0.2, 0.25) is 0 Å². The number of hydrogen-bond acceptors (Lipinski definition) is 5. The summed E-state index contributed by atoms with van der Waals surface area (Å²) in [5, 5.41) is 9.78. The molecule has 2 rings (SSSR count). The number of aliphatic hydroxyl groups excluding tert-OH is 1. The van der Waals surface area contributed by atoms with Gasteiger partial charge in [-0.05, 0) is 50.4 Å². The predicted octanol–water partition coefficient (Wildman–Crippen LogP) is 3.28. The Kier molecular flexibility index (Phi) is 8.69. The Morgan fingerprint density at radius 1 is 1.15 bits per heavy atom. The topological polar surface area (TPSA) is 51.2 Å². The first-order valence-electron chi connectivity index (χ1n) is 9.83. The largest absolute Gasteiger partial charge is 0.493 e. The van der Waals surface area contributed by atoms with Crippen LogP contribution < -0.4 is 9.47 Å². The minimum atomic E-state index is -0.302. The molecule has 1 saturated carbocycles. The Morgan fingerprint density at radius 2 is 1.88 bits per heavy atom. The zero-order valence-corrected chi connectivity index (χ0v) is 16.7. The monoisotopic (exact) mass is 365 g/mol. The number of methoxy groups -OCH3 is 2. The van der Waals surface area contributed by atoms with Crippen molar-refractivity contribution in [1.29, 1.82) is 0 Å². The van der Waals surface area contributed by atoms with Gasteiger partial charge in [0.1, 0.15) is 0 Å². The second-order valence-electron chi connectivity index (χ2n) is 7.14. The summed E-state index contributed by atoms with van der Waals surface area (Å²) < 4.78 is 17.0. The quantitative estimate of drug-likeness (QED) is 0.690. The lowest BCUT2D eigenvalue weighted by molar-refractivity contribution is -0.0427. The maximum Gasteiger partial charge on any atom is 0.160 e. The first-order valence-corrected chi connectivity index (χ1v) is 9.83. The lowest BCUT2D eigenvalue weighted by Gasteiger charge is -2.40. The summed E-state index contributed by atoms with van der Waals surface area (Å²) in [7, 11) is 3.31. The molecule has 0 bridgehead atoms. The van der Waals surface area contributed by atoms with Crippen LogP contribution in [0.4, 0.5) is 0 Å². The first-order chi connectivity index (χ1) is 12.6. The molecule has 1 aliphatic rings. The lowest BCUT2D eigenvalue weighted by atomic mass is 9.91. The summed E-state index contributed by atoms with van der Waals surface area (Å²) in [4.78, 5) is 2.38. The van der Waals surface area contributed by atoms with Crippen LogP contribution >= 0.6 is 0 Å². The summed E-state index contributed by atoms with van der Waals surface area (Å²) in [6.07, 6.45) is 5.54. The third-order valence-corrected chi connectivity index (χ3v) is 5.21. The lowest BCUT2D eigenvalue weighted by Crippen LogP contribution is -2.49. The molecule has 1 aromatic rings. The van der Waals surface area contributed by atoms with E-state index in [2.05, 4.69) is 17.9 Å². The van der Waals surface area contributed by atoms with Crippen molar-refractivity contribution in [3.05, 3.63) is 23.8 Å². The molecular weight excluding hydrogens is 330 g/mol. The molecular formula is C21H35NO4. The smallest absolute Gasteiger partial charge is 0.160 e. The van der Waals surface area contributed by atoms with Crippen molar-refractivity contribution in [2.75, 3.05) is 33.9 Å². The molecule has 0 aromatic heterocycles. The van der Waals surface area contributed by atoms with E-state index in [0.717, 1.165) is 43.9 Å². The minimum absolute atomic E-state index is 0.252. The van der Waals surface area contributed by atoms with Crippen molar-refractivity contribution < 1.29 is 19.3 Å². The van der Waals surface area contributed by atoms with Crippen molar-refractivity contribution in [2.24, 2.45) is 0 Å². The van der Waals surface area contributed by atoms with Gasteiger partial charge >= 0.3 is 0 Å². The molecule has 26 heavy (non-hydrogen) atoms. The minimum Gasteiger partial charge on any atom is -0.493 e. The van der Waals surface area contributed by atoms with Crippen LogP contribution in [0.3, 0.4) is 0 Å². The van der Waals surface area contributed by atoms with Crippen molar-refractivity contribution in [3.63, 3.8) is 0 Å². The van der Waals surface area contributed by atoms with Crippen LogP contribution in [0.5, 0.6) is 11.5 Å². The molecule has 0 aliphatic heterocycles. The molecule has 0 unspecified atom stereocenters. The summed E-state index contributed by atoms with van der Waals surface area (Å²) in [5.74, 6) is 1.51. The number of hydrogen-bond donors (Lipinski definition) is 1. The number of rotatable bonds is 10. The Bertz CT molecular complexity index is 535. The fourth-order valence-electron chi connectivity index (χ4n) is 3.89. The molecule has 0 amide bonds. The molecule has 3 atom stereocenters. The number of likely N-dealkylation sites (N-methyl/N-ethyl adjacent to an activating group) is 1. The van der Waals surface area contributed by atoms with E-state index in [4.69, 9.17) is 14.2 Å². The Balaban J connectivity index is 1.92. The summed E-state index contributed by atoms with van der Waals surface area (Å²) >= 11 is 0. The molecule has 1 N–H and O–H groups in total. The standard InChI is InChI=1S/C21H35NO4/c1-5-22(15-16(2)23)18-8-6-7-9-19(18)26-13-12-17-10-11-20(24-3)21(14-17)25-4/h10-11,14,16,18-19,23H,5-9,12-13,15H2,1-4H3/t16-,18+,19-/m0/s1. The highest BCUT2D eigenvalue weighted by atomic mass is 16.5. The van der Waals surface area contributed by atoms with Crippen LogP contribution in [0.15, 0.2) is 18.2 Å². The SMILES string of the molecule is CCN(C[C@H](C)O)[C@@H]1CCCC[C@@H]1OCCc1ccc(OC)c(OC)c1. The van der Waals surface area contributed by atoms with E-state index >= 15 is 0 Å². The molecule has 5 nitrogen and oxygen atoms in total. The molecule has 148 valence electrons. The van der Waals surface area contributed by atoms with Crippen molar-refractivity contribution in [1.82, 2.24) is 4.90 Å². The van der Waals surface area contributed by atoms with Gasteiger partial charge in [0.15, 0.2) is 11.5 Å². The number of aliphatic hydroxyl groups is 1. The number of nitrogens with zero attached hydrogens (tertiary/aromatic N) is 1. The fraction of sp³-hybridized carbons (Fsp3) is 0.714. The van der Waals surface area contributed by atoms with Gasteiger partial charge in [0.25, 0.3) is 0 Å². The third kappa shape index (κ3) is 5.86. The first kappa shape index (κ1) is 21.0. The van der Waals surface area contributed by atoms with Crippen LogP contribution in [0, 0.1) is 0 Å². The molecule has 0 spiro atoms. The van der Waals surface area contributed by atoms with E-state index in [0.29, 0.717) is 12.6 Å².